The van der Waals surface area contributed by atoms with Crippen LogP contribution >= 0.6 is 12.2 Å². The molecular weight excluding hydrogens is 289 g/mol. The number of fused-ring (bicyclic) bond motifs is 1. The van der Waals surface area contributed by atoms with Crippen LogP contribution in [0.2, 0.25) is 0 Å². The van der Waals surface area contributed by atoms with Gasteiger partial charge in [-0.1, -0.05) is 12.1 Å². The summed E-state index contributed by atoms with van der Waals surface area (Å²) in [4.78, 5) is 7.52. The maximum absolute atomic E-state index is 13.2. The molecule has 4 nitrogen and oxygen atoms in total. The predicted octanol–water partition coefficient (Wildman–Crippen LogP) is 3.48. The predicted molar refractivity (Wildman–Crippen MR) is 81.6 cm³/mol. The number of benzene rings is 1. The van der Waals surface area contributed by atoms with Crippen molar-refractivity contribution in [3.8, 4) is 5.88 Å². The molecule has 6 heteroatoms. The Labute approximate surface area is 126 Å². The summed E-state index contributed by atoms with van der Waals surface area (Å²) >= 11 is 5.33. The van der Waals surface area contributed by atoms with E-state index in [1.807, 2.05) is 16.7 Å². The van der Waals surface area contributed by atoms with Crippen molar-refractivity contribution in [1.29, 1.82) is 0 Å². The van der Waals surface area contributed by atoms with Crippen molar-refractivity contribution in [2.45, 2.75) is 13.0 Å². The number of methoxy groups -OCH3 is 1. The highest BCUT2D eigenvalue weighted by Crippen LogP contribution is 2.17. The van der Waals surface area contributed by atoms with Gasteiger partial charge in [-0.25, -0.2) is 4.39 Å². The zero-order chi connectivity index (χ0) is 14.8. The first-order valence-corrected chi connectivity index (χ1v) is 6.96. The fourth-order valence-electron chi connectivity index (χ4n) is 2.27. The third kappa shape index (κ3) is 2.80. The third-order valence-corrected chi connectivity index (χ3v) is 3.64. The van der Waals surface area contributed by atoms with Crippen LogP contribution < -0.4 is 4.74 Å². The van der Waals surface area contributed by atoms with E-state index in [0.717, 1.165) is 16.7 Å². The van der Waals surface area contributed by atoms with Crippen LogP contribution in [-0.2, 0) is 13.0 Å². The van der Waals surface area contributed by atoms with E-state index in [4.69, 9.17) is 17.0 Å². The topological polar surface area (TPSA) is 42.8 Å². The standard InChI is InChI=1S/C15H14FN3OS/c1-20-13-6-5-12-14(18-13)19(15(21)17-12)8-7-10-3-2-4-11(16)9-10/h2-6,9H,7-8H2,1H3,(H,17,21). The fraction of sp³-hybridized carbons (Fsp3) is 0.200. The van der Waals surface area contributed by atoms with Crippen LogP contribution in [0.1, 0.15) is 5.56 Å². The second kappa shape index (κ2) is 5.65. The van der Waals surface area contributed by atoms with Crippen LogP contribution in [0.15, 0.2) is 36.4 Å². The Morgan fingerprint density at radius 2 is 2.19 bits per heavy atom. The van der Waals surface area contributed by atoms with Gasteiger partial charge in [0.2, 0.25) is 5.88 Å². The summed E-state index contributed by atoms with van der Waals surface area (Å²) in [5.74, 6) is 0.311. The number of halogens is 1. The van der Waals surface area contributed by atoms with Crippen molar-refractivity contribution in [3.05, 3.63) is 52.5 Å². The Morgan fingerprint density at radius 1 is 1.33 bits per heavy atom. The molecule has 2 aromatic heterocycles. The second-order valence-electron chi connectivity index (χ2n) is 4.69. The number of imidazole rings is 1. The Kier molecular flexibility index (Phi) is 3.70. The number of nitrogens with one attached hydrogen (secondary N) is 1. The molecule has 0 atom stereocenters. The quantitative estimate of drug-likeness (QED) is 0.750. The van der Waals surface area contributed by atoms with Crippen LogP contribution in [0, 0.1) is 10.6 Å². The average molecular weight is 303 g/mol. The number of H-pyrrole nitrogens is 1. The van der Waals surface area contributed by atoms with Gasteiger partial charge in [-0.2, -0.15) is 4.98 Å². The minimum absolute atomic E-state index is 0.227. The summed E-state index contributed by atoms with van der Waals surface area (Å²) in [5, 5.41) is 0. The van der Waals surface area contributed by atoms with Crippen LogP contribution in [-0.4, -0.2) is 21.6 Å². The van der Waals surface area contributed by atoms with Gasteiger partial charge in [0.15, 0.2) is 10.4 Å². The molecule has 21 heavy (non-hydrogen) atoms. The van der Waals surface area contributed by atoms with Crippen LogP contribution in [0.3, 0.4) is 0 Å². The SMILES string of the molecule is COc1ccc2[nH]c(=S)n(CCc3cccc(F)c3)c2n1. The Balaban J connectivity index is 1.92. The first kappa shape index (κ1) is 13.8. The van der Waals surface area contributed by atoms with Crippen molar-refractivity contribution in [3.63, 3.8) is 0 Å². The lowest BCUT2D eigenvalue weighted by atomic mass is 10.1. The lowest BCUT2D eigenvalue weighted by Gasteiger charge is -2.05. The van der Waals surface area contributed by atoms with Gasteiger partial charge >= 0.3 is 0 Å². The van der Waals surface area contributed by atoms with E-state index in [1.54, 1.807) is 19.2 Å². The Bertz CT molecular complexity index is 840. The molecule has 0 aliphatic heterocycles. The first-order valence-electron chi connectivity index (χ1n) is 6.55. The molecule has 0 saturated heterocycles. The smallest absolute Gasteiger partial charge is 0.215 e. The van der Waals surface area contributed by atoms with E-state index in [9.17, 15) is 4.39 Å². The van der Waals surface area contributed by atoms with Gasteiger partial charge in [-0.3, -0.25) is 0 Å². The summed E-state index contributed by atoms with van der Waals surface area (Å²) in [6, 6.07) is 10.2. The van der Waals surface area contributed by atoms with Crippen LogP contribution in [0.4, 0.5) is 4.39 Å². The molecule has 3 aromatic rings. The van der Waals surface area contributed by atoms with Gasteiger partial charge in [0.1, 0.15) is 5.82 Å². The third-order valence-electron chi connectivity index (χ3n) is 3.31. The first-order chi connectivity index (χ1) is 10.2. The number of nitrogens with zero attached hydrogens (tertiary/aromatic N) is 2. The number of hydrogen-bond acceptors (Lipinski definition) is 3. The van der Waals surface area contributed by atoms with E-state index in [0.29, 0.717) is 23.6 Å². The van der Waals surface area contributed by atoms with Gasteiger partial charge < -0.3 is 14.3 Å². The number of pyridine rings is 1. The molecule has 0 spiro atoms. The number of hydrogen-bond donors (Lipinski definition) is 1. The molecule has 0 amide bonds. The minimum Gasteiger partial charge on any atom is -0.481 e. The van der Waals surface area contributed by atoms with Gasteiger partial charge in [-0.05, 0) is 42.4 Å². The van der Waals surface area contributed by atoms with E-state index < -0.39 is 0 Å². The van der Waals surface area contributed by atoms with Crippen molar-refractivity contribution >= 4 is 23.4 Å². The fourth-order valence-corrected chi connectivity index (χ4v) is 2.56. The van der Waals surface area contributed by atoms with Crippen molar-refractivity contribution in [2.24, 2.45) is 0 Å². The molecule has 0 unspecified atom stereocenters. The van der Waals surface area contributed by atoms with Crippen LogP contribution in [0.5, 0.6) is 5.88 Å². The Morgan fingerprint density at radius 3 is 2.95 bits per heavy atom. The number of aromatic nitrogens is 3. The summed E-state index contributed by atoms with van der Waals surface area (Å²) in [6.07, 6.45) is 0.678. The molecule has 0 aliphatic rings. The molecule has 1 aromatic carbocycles. The van der Waals surface area contributed by atoms with E-state index in [1.165, 1.54) is 12.1 Å². The molecule has 0 fully saturated rings. The highest BCUT2D eigenvalue weighted by molar-refractivity contribution is 7.71. The van der Waals surface area contributed by atoms with Gasteiger partial charge in [-0.15, -0.1) is 0 Å². The molecule has 0 aliphatic carbocycles. The van der Waals surface area contributed by atoms with Gasteiger partial charge in [0.25, 0.3) is 0 Å². The van der Waals surface area contributed by atoms with Crippen molar-refractivity contribution in [2.75, 3.05) is 7.11 Å². The summed E-state index contributed by atoms with van der Waals surface area (Å²) in [5.41, 5.74) is 2.53. The van der Waals surface area contributed by atoms with Crippen LogP contribution in [0.25, 0.3) is 11.2 Å². The Hall–Kier alpha value is -2.21. The van der Waals surface area contributed by atoms with E-state index in [-0.39, 0.29) is 5.82 Å². The normalized spacial score (nSPS) is 11.0. The largest absolute Gasteiger partial charge is 0.481 e. The number of aryl methyl sites for hydroxylation is 2. The summed E-state index contributed by atoms with van der Waals surface area (Å²) in [7, 11) is 1.58. The minimum atomic E-state index is -0.227. The van der Waals surface area contributed by atoms with Gasteiger partial charge in [0, 0.05) is 12.6 Å². The van der Waals surface area contributed by atoms with Crippen molar-refractivity contribution in [1.82, 2.24) is 14.5 Å². The molecule has 1 N–H and O–H groups in total. The summed E-state index contributed by atoms with van der Waals surface area (Å²) in [6.45, 7) is 0.627. The molecular formula is C15H14FN3OS. The maximum Gasteiger partial charge on any atom is 0.215 e. The van der Waals surface area contributed by atoms with Crippen molar-refractivity contribution < 1.29 is 9.13 Å². The highest BCUT2D eigenvalue weighted by Gasteiger charge is 2.07. The number of ether oxygens (including phenoxy) is 1. The monoisotopic (exact) mass is 303 g/mol. The summed E-state index contributed by atoms with van der Waals surface area (Å²) < 4.78 is 20.8. The number of aromatic amines is 1. The molecule has 0 saturated carbocycles. The maximum atomic E-state index is 13.2. The van der Waals surface area contributed by atoms with Gasteiger partial charge in [0.05, 0.1) is 12.6 Å². The zero-order valence-electron chi connectivity index (χ0n) is 11.5. The number of rotatable bonds is 4. The lowest BCUT2D eigenvalue weighted by molar-refractivity contribution is 0.399. The van der Waals surface area contributed by atoms with E-state index in [2.05, 4.69) is 9.97 Å². The molecule has 0 radical (unpaired) electrons. The molecule has 0 bridgehead atoms. The highest BCUT2D eigenvalue weighted by atomic mass is 32.1. The molecule has 2 heterocycles. The molecule has 108 valence electrons. The second-order valence-corrected chi connectivity index (χ2v) is 5.07. The molecule has 3 rings (SSSR count). The van der Waals surface area contributed by atoms with E-state index >= 15 is 0 Å². The zero-order valence-corrected chi connectivity index (χ0v) is 12.3. The average Bonchev–Trinajstić information content (AvgIpc) is 2.79. The lowest BCUT2D eigenvalue weighted by Crippen LogP contribution is -2.03.